The van der Waals surface area contributed by atoms with Crippen LogP contribution < -0.4 is 0 Å². The fourth-order valence-corrected chi connectivity index (χ4v) is 0.753. The van der Waals surface area contributed by atoms with E-state index in [1.807, 2.05) is 12.2 Å². The predicted molar refractivity (Wildman–Crippen MR) is 51.5 cm³/mol. The summed E-state index contributed by atoms with van der Waals surface area (Å²) in [6.07, 6.45) is 6.78. The summed E-state index contributed by atoms with van der Waals surface area (Å²) in [6, 6.07) is 0. The summed E-state index contributed by atoms with van der Waals surface area (Å²) in [7, 11) is 0. The molecule has 0 unspecified atom stereocenters. The van der Waals surface area contributed by atoms with Crippen molar-refractivity contribution in [2.24, 2.45) is 0 Å². The van der Waals surface area contributed by atoms with Gasteiger partial charge in [-0.1, -0.05) is 31.7 Å². The fraction of sp³-hybridized carbons (Fsp3) is 0.364. The minimum absolute atomic E-state index is 1.02. The van der Waals surface area contributed by atoms with E-state index in [9.17, 15) is 0 Å². The van der Waals surface area contributed by atoms with Gasteiger partial charge in [0.15, 0.2) is 0 Å². The molecule has 0 aliphatic carbocycles. The number of allylic oxidation sites excluding steroid dienone is 4. The molecule has 0 rings (SSSR count). The van der Waals surface area contributed by atoms with E-state index in [1.165, 1.54) is 11.1 Å². The van der Waals surface area contributed by atoms with Gasteiger partial charge >= 0.3 is 0 Å². The highest BCUT2D eigenvalue weighted by Crippen LogP contribution is 2.02. The van der Waals surface area contributed by atoms with E-state index >= 15 is 0 Å². The van der Waals surface area contributed by atoms with Crippen LogP contribution in [0.5, 0.6) is 0 Å². The van der Waals surface area contributed by atoms with Gasteiger partial charge < -0.3 is 0 Å². The lowest BCUT2D eigenvalue weighted by Crippen LogP contribution is -1.70. The Morgan fingerprint density at radius 3 is 2.45 bits per heavy atom. The van der Waals surface area contributed by atoms with Gasteiger partial charge in [0.05, 0.1) is 0 Å². The van der Waals surface area contributed by atoms with Crippen LogP contribution in [0.1, 0.15) is 27.2 Å². The monoisotopic (exact) mass is 148 g/mol. The molecule has 0 heterocycles. The highest BCUT2D eigenvalue weighted by molar-refractivity contribution is 5.21. The van der Waals surface area contributed by atoms with Crippen molar-refractivity contribution >= 4 is 0 Å². The molecule has 0 heteroatoms. The van der Waals surface area contributed by atoms with Crippen molar-refractivity contribution in [3.05, 3.63) is 41.7 Å². The van der Waals surface area contributed by atoms with Crippen LogP contribution in [0.2, 0.25) is 0 Å². The molecule has 0 amide bonds. The molecule has 0 aromatic rings. The molecule has 0 aromatic carbocycles. The van der Waals surface area contributed by atoms with Crippen molar-refractivity contribution in [1.29, 1.82) is 0 Å². The van der Waals surface area contributed by atoms with Crippen LogP contribution >= 0.6 is 0 Å². The second kappa shape index (κ2) is 5.76. The second-order valence-corrected chi connectivity index (χ2v) is 2.60. The third kappa shape index (κ3) is 5.44. The quantitative estimate of drug-likeness (QED) is 0.423. The molecule has 0 saturated heterocycles. The number of hydrogen-bond donors (Lipinski definition) is 0. The molecule has 0 bridgehead atoms. The highest BCUT2D eigenvalue weighted by atomic mass is 13.9. The molecule has 0 aromatic heterocycles. The molecule has 11 heavy (non-hydrogen) atoms. The normalized spacial score (nSPS) is 9.36. The first kappa shape index (κ1) is 10.0. The molecule has 0 spiro atoms. The van der Waals surface area contributed by atoms with Crippen LogP contribution in [-0.2, 0) is 0 Å². The molecular weight excluding hydrogens is 132 g/mol. The zero-order valence-electron chi connectivity index (χ0n) is 7.65. The molecule has 0 nitrogen and oxygen atoms in total. The van der Waals surface area contributed by atoms with Gasteiger partial charge in [-0.25, -0.2) is 0 Å². The molecule has 0 fully saturated rings. The van der Waals surface area contributed by atoms with E-state index in [4.69, 9.17) is 0 Å². The Hall–Kier alpha value is -1.00. The fourth-order valence-electron chi connectivity index (χ4n) is 0.753. The van der Waals surface area contributed by atoms with E-state index in [0.29, 0.717) is 0 Å². The summed E-state index contributed by atoms with van der Waals surface area (Å²) in [5.74, 6) is 0. The zero-order valence-corrected chi connectivity index (χ0v) is 7.65. The SMILES string of the molecule is C=C/C=C/C(=C=C(C)C)CC. The summed E-state index contributed by atoms with van der Waals surface area (Å²) in [5.41, 5.74) is 5.71. The zero-order chi connectivity index (χ0) is 8.69. The Morgan fingerprint density at radius 1 is 1.45 bits per heavy atom. The highest BCUT2D eigenvalue weighted by Gasteiger charge is 1.83. The standard InChI is InChI=1S/C11H16/c1-5-7-8-11(6-2)9-10(3)4/h5,7-8H,1,6H2,2-4H3/b8-7+. The molecule has 0 aliphatic heterocycles. The van der Waals surface area contributed by atoms with E-state index < -0.39 is 0 Å². The average molecular weight is 148 g/mol. The maximum atomic E-state index is 3.61. The number of hydrogen-bond acceptors (Lipinski definition) is 0. The van der Waals surface area contributed by atoms with Gasteiger partial charge in [0.2, 0.25) is 0 Å². The summed E-state index contributed by atoms with van der Waals surface area (Å²) < 4.78 is 0. The molecule has 0 radical (unpaired) electrons. The molecule has 0 aliphatic rings. The van der Waals surface area contributed by atoms with Gasteiger partial charge in [-0.05, 0) is 31.4 Å². The predicted octanol–water partition coefficient (Wildman–Crippen LogP) is 3.63. The second-order valence-electron chi connectivity index (χ2n) is 2.60. The van der Waals surface area contributed by atoms with Crippen molar-refractivity contribution in [3.8, 4) is 0 Å². The maximum absolute atomic E-state index is 3.61. The van der Waals surface area contributed by atoms with Gasteiger partial charge in [-0.3, -0.25) is 0 Å². The third-order valence-corrected chi connectivity index (χ3v) is 1.22. The lowest BCUT2D eigenvalue weighted by Gasteiger charge is -1.90. The van der Waals surface area contributed by atoms with Gasteiger partial charge in [-0.15, -0.1) is 5.73 Å². The Bertz CT molecular complexity index is 206. The average Bonchev–Trinajstić information content (AvgIpc) is 1.97. The van der Waals surface area contributed by atoms with Crippen molar-refractivity contribution in [3.63, 3.8) is 0 Å². The lowest BCUT2D eigenvalue weighted by atomic mass is 10.2. The number of rotatable bonds is 3. The maximum Gasteiger partial charge on any atom is -0.00638 e. The first-order valence-corrected chi connectivity index (χ1v) is 3.92. The van der Waals surface area contributed by atoms with Crippen molar-refractivity contribution in [2.75, 3.05) is 0 Å². The lowest BCUT2D eigenvalue weighted by molar-refractivity contribution is 1.15. The van der Waals surface area contributed by atoms with Crippen molar-refractivity contribution in [2.45, 2.75) is 27.2 Å². The Kier molecular flexibility index (Phi) is 5.24. The van der Waals surface area contributed by atoms with Crippen LogP contribution in [0.25, 0.3) is 0 Å². The topological polar surface area (TPSA) is 0 Å². The van der Waals surface area contributed by atoms with Crippen LogP contribution in [0.4, 0.5) is 0 Å². The van der Waals surface area contributed by atoms with Crippen molar-refractivity contribution in [1.82, 2.24) is 0 Å². The van der Waals surface area contributed by atoms with Crippen molar-refractivity contribution < 1.29 is 0 Å². The Labute approximate surface area is 69.6 Å². The van der Waals surface area contributed by atoms with E-state index in [1.54, 1.807) is 6.08 Å². The van der Waals surface area contributed by atoms with E-state index in [2.05, 4.69) is 33.1 Å². The Morgan fingerprint density at radius 2 is 2.09 bits per heavy atom. The van der Waals surface area contributed by atoms with Gasteiger partial charge in [0.1, 0.15) is 0 Å². The Balaban J connectivity index is 4.54. The minimum atomic E-state index is 1.02. The smallest absolute Gasteiger partial charge is 0.00638 e. The largest absolute Gasteiger partial charge is 0.119 e. The van der Waals surface area contributed by atoms with Crippen LogP contribution in [0, 0.1) is 0 Å². The van der Waals surface area contributed by atoms with Crippen LogP contribution in [0.3, 0.4) is 0 Å². The van der Waals surface area contributed by atoms with Gasteiger partial charge in [-0.2, -0.15) is 0 Å². The minimum Gasteiger partial charge on any atom is -0.119 e. The molecule has 0 atom stereocenters. The van der Waals surface area contributed by atoms with Crippen LogP contribution in [0.15, 0.2) is 41.7 Å². The summed E-state index contributed by atoms with van der Waals surface area (Å²) in [6.45, 7) is 9.84. The molecular formula is C11H16. The van der Waals surface area contributed by atoms with Crippen LogP contribution in [-0.4, -0.2) is 0 Å². The third-order valence-electron chi connectivity index (χ3n) is 1.22. The van der Waals surface area contributed by atoms with Gasteiger partial charge in [0, 0.05) is 0 Å². The first-order valence-electron chi connectivity index (χ1n) is 3.92. The first-order chi connectivity index (χ1) is 5.20. The molecule has 0 N–H and O–H groups in total. The summed E-state index contributed by atoms with van der Waals surface area (Å²) in [5, 5.41) is 0. The van der Waals surface area contributed by atoms with E-state index in [0.717, 1.165) is 6.42 Å². The summed E-state index contributed by atoms with van der Waals surface area (Å²) >= 11 is 0. The molecule has 60 valence electrons. The molecule has 0 saturated carbocycles. The summed E-state index contributed by atoms with van der Waals surface area (Å²) in [4.78, 5) is 0. The van der Waals surface area contributed by atoms with E-state index in [-0.39, 0.29) is 0 Å². The van der Waals surface area contributed by atoms with Gasteiger partial charge in [0.25, 0.3) is 0 Å².